The van der Waals surface area contributed by atoms with Gasteiger partial charge in [-0.2, -0.15) is 0 Å². The largest absolute Gasteiger partial charge is 0.481 e. The van der Waals surface area contributed by atoms with Gasteiger partial charge in [0.15, 0.2) is 5.78 Å². The van der Waals surface area contributed by atoms with Gasteiger partial charge in [-0.05, 0) is 61.6 Å². The maximum Gasteiger partial charge on any atom is 0.415 e. The third-order valence-electron chi connectivity index (χ3n) is 8.21. The fourth-order valence-corrected chi connectivity index (χ4v) is 6.42. The van der Waals surface area contributed by atoms with Crippen molar-refractivity contribution in [2.75, 3.05) is 18.0 Å². The second-order valence-corrected chi connectivity index (χ2v) is 12.9. The summed E-state index contributed by atoms with van der Waals surface area (Å²) in [5.74, 6) is -2.48. The van der Waals surface area contributed by atoms with Gasteiger partial charge in [0, 0.05) is 30.6 Å². The van der Waals surface area contributed by atoms with Gasteiger partial charge < -0.3 is 20.1 Å². The number of carbonyl (C=O) groups excluding carboxylic acids is 3. The average Bonchev–Trinajstić information content (AvgIpc) is 3.38. The van der Waals surface area contributed by atoms with Crippen LogP contribution in [0.5, 0.6) is 0 Å². The van der Waals surface area contributed by atoms with Crippen molar-refractivity contribution in [3.8, 4) is 0 Å². The summed E-state index contributed by atoms with van der Waals surface area (Å²) < 4.78 is 5.72. The number of nitrogens with one attached hydrogen (secondary N) is 1. The van der Waals surface area contributed by atoms with E-state index in [2.05, 4.69) is 5.32 Å². The summed E-state index contributed by atoms with van der Waals surface area (Å²) in [6, 6.07) is 20.5. The van der Waals surface area contributed by atoms with Crippen LogP contribution in [0.1, 0.15) is 55.4 Å². The molecule has 5 rings (SSSR count). The van der Waals surface area contributed by atoms with Crippen molar-refractivity contribution in [2.45, 2.75) is 70.2 Å². The number of para-hydroxylation sites is 1. The Kier molecular flexibility index (Phi) is 9.60. The number of ether oxygens (including phenoxy) is 1. The van der Waals surface area contributed by atoms with Gasteiger partial charge in [-0.3, -0.25) is 19.3 Å². The number of rotatable bonds is 9. The number of nitrogens with zero attached hydrogens (tertiary/aromatic N) is 2. The zero-order valence-electron chi connectivity index (χ0n) is 25.7. The Balaban J connectivity index is 1.48. The van der Waals surface area contributed by atoms with Crippen molar-refractivity contribution < 1.29 is 29.0 Å². The first-order valence-electron chi connectivity index (χ1n) is 15.1. The average molecular weight is 632 g/mol. The molecular weight excluding hydrogens is 594 g/mol. The summed E-state index contributed by atoms with van der Waals surface area (Å²) >= 11 is 6.45. The highest BCUT2D eigenvalue weighted by molar-refractivity contribution is 6.31. The lowest BCUT2D eigenvalue weighted by molar-refractivity contribution is -0.139. The third kappa shape index (κ3) is 7.37. The van der Waals surface area contributed by atoms with Gasteiger partial charge in [-0.15, -0.1) is 0 Å². The van der Waals surface area contributed by atoms with E-state index in [4.69, 9.17) is 16.3 Å². The third-order valence-corrected chi connectivity index (χ3v) is 8.58. The van der Waals surface area contributed by atoms with Gasteiger partial charge in [0.1, 0.15) is 11.6 Å². The second-order valence-electron chi connectivity index (χ2n) is 12.5. The minimum atomic E-state index is -1.02. The number of hydrogen-bond donors (Lipinski definition) is 2. The summed E-state index contributed by atoms with van der Waals surface area (Å²) in [6.45, 7) is 5.63. The van der Waals surface area contributed by atoms with Gasteiger partial charge in [-0.25, -0.2) is 4.79 Å². The van der Waals surface area contributed by atoms with Crippen LogP contribution in [0.15, 0.2) is 72.8 Å². The number of anilines is 1. The number of ketones is 1. The number of carbonyl (C=O) groups is 4. The van der Waals surface area contributed by atoms with Crippen LogP contribution in [0.3, 0.4) is 0 Å². The number of carboxylic acid groups (broad SMARTS) is 1. The van der Waals surface area contributed by atoms with Crippen LogP contribution < -0.4 is 10.2 Å². The quantitative estimate of drug-likeness (QED) is 0.326. The number of carboxylic acids is 1. The predicted octanol–water partition coefficient (Wildman–Crippen LogP) is 5.38. The van der Waals surface area contributed by atoms with Crippen molar-refractivity contribution in [3.05, 3.63) is 100 Å². The molecule has 2 aliphatic heterocycles. The fraction of sp³-hybridized carbons (Fsp3) is 0.371. The SMILES string of the molecule is CC(C)(C)OC(=O)N1c2ccccc2C[C@@H]1C(=O)N(CCc1ccccc1Cl)CC(=O)C1c2ccccc2CN[C@@H]1CC(=O)O. The Labute approximate surface area is 268 Å². The van der Waals surface area contributed by atoms with Crippen LogP contribution in [0.4, 0.5) is 10.5 Å². The lowest BCUT2D eigenvalue weighted by atomic mass is 9.80. The Bertz CT molecular complexity index is 1600. The molecule has 2 aliphatic rings. The monoisotopic (exact) mass is 631 g/mol. The molecule has 2 heterocycles. The maximum absolute atomic E-state index is 14.5. The molecule has 0 fully saturated rings. The summed E-state index contributed by atoms with van der Waals surface area (Å²) in [4.78, 5) is 56.9. The normalized spacial score (nSPS) is 18.9. The molecule has 9 nitrogen and oxygen atoms in total. The lowest BCUT2D eigenvalue weighted by Crippen LogP contribution is -2.53. The topological polar surface area (TPSA) is 116 Å². The zero-order chi connectivity index (χ0) is 32.3. The Morgan fingerprint density at radius 3 is 2.36 bits per heavy atom. The van der Waals surface area contributed by atoms with Crippen molar-refractivity contribution in [1.82, 2.24) is 10.2 Å². The molecule has 0 spiro atoms. The highest BCUT2D eigenvalue weighted by atomic mass is 35.5. The predicted molar refractivity (Wildman–Crippen MR) is 171 cm³/mol. The number of hydrogen-bond acceptors (Lipinski definition) is 6. The van der Waals surface area contributed by atoms with Gasteiger partial charge in [0.25, 0.3) is 0 Å². The fourth-order valence-electron chi connectivity index (χ4n) is 6.19. The number of amides is 2. The van der Waals surface area contributed by atoms with Crippen molar-refractivity contribution >= 4 is 41.0 Å². The molecule has 3 aromatic rings. The van der Waals surface area contributed by atoms with E-state index in [1.54, 1.807) is 39.0 Å². The number of aliphatic carboxylic acids is 1. The molecule has 2 N–H and O–H groups in total. The highest BCUT2D eigenvalue weighted by Crippen LogP contribution is 2.35. The van der Waals surface area contributed by atoms with Crippen molar-refractivity contribution in [3.63, 3.8) is 0 Å². The first-order chi connectivity index (χ1) is 21.4. The molecule has 3 atom stereocenters. The summed E-state index contributed by atoms with van der Waals surface area (Å²) in [5.41, 5.74) is 3.11. The van der Waals surface area contributed by atoms with Gasteiger partial charge >= 0.3 is 12.1 Å². The van der Waals surface area contributed by atoms with E-state index in [0.717, 1.165) is 22.3 Å². The van der Waals surface area contributed by atoms with Gasteiger partial charge in [0.2, 0.25) is 5.91 Å². The lowest BCUT2D eigenvalue weighted by Gasteiger charge is -2.35. The number of Topliss-reactive ketones (excluding diaryl/α,β-unsaturated/α-hetero) is 1. The van der Waals surface area contributed by atoms with Crippen molar-refractivity contribution in [1.29, 1.82) is 0 Å². The van der Waals surface area contributed by atoms with Crippen LogP contribution in [0.25, 0.3) is 0 Å². The van der Waals surface area contributed by atoms with E-state index in [9.17, 15) is 24.3 Å². The Hall–Kier alpha value is -4.21. The molecule has 0 bridgehead atoms. The van der Waals surface area contributed by atoms with E-state index in [-0.39, 0.29) is 31.7 Å². The van der Waals surface area contributed by atoms with Crippen LogP contribution in [-0.4, -0.2) is 64.5 Å². The van der Waals surface area contributed by atoms with E-state index in [1.807, 2.05) is 54.6 Å². The number of benzene rings is 3. The zero-order valence-corrected chi connectivity index (χ0v) is 26.4. The molecule has 3 aromatic carbocycles. The Morgan fingerprint density at radius 1 is 0.978 bits per heavy atom. The van der Waals surface area contributed by atoms with E-state index in [0.29, 0.717) is 23.7 Å². The summed E-state index contributed by atoms with van der Waals surface area (Å²) in [5, 5.41) is 13.4. The maximum atomic E-state index is 14.5. The molecule has 0 radical (unpaired) electrons. The first kappa shape index (κ1) is 32.2. The molecule has 236 valence electrons. The molecule has 0 aromatic heterocycles. The van der Waals surface area contributed by atoms with Crippen LogP contribution >= 0.6 is 11.6 Å². The summed E-state index contributed by atoms with van der Waals surface area (Å²) in [6.07, 6.45) is -0.249. The molecular formula is C35H38ClN3O6. The van der Waals surface area contributed by atoms with Crippen LogP contribution in [-0.2, 0) is 38.5 Å². The molecule has 0 aliphatic carbocycles. The van der Waals surface area contributed by atoms with Gasteiger partial charge in [0.05, 0.1) is 24.6 Å². The molecule has 0 saturated carbocycles. The van der Waals surface area contributed by atoms with Crippen LogP contribution in [0.2, 0.25) is 5.02 Å². The highest BCUT2D eigenvalue weighted by Gasteiger charge is 2.43. The minimum absolute atomic E-state index is 0.161. The van der Waals surface area contributed by atoms with E-state index < -0.39 is 41.6 Å². The minimum Gasteiger partial charge on any atom is -0.481 e. The van der Waals surface area contributed by atoms with E-state index in [1.165, 1.54) is 9.80 Å². The molecule has 1 unspecified atom stereocenters. The number of fused-ring (bicyclic) bond motifs is 2. The standard InChI is InChI=1S/C35H38ClN3O6/c1-35(2,3)45-34(44)39-28-15-9-6-11-23(28)18-29(39)33(43)38(17-16-22-10-5-8-14-26(22)36)21-30(40)32-25-13-7-4-12-24(25)20-37-27(32)19-31(41)42/h4-15,27,29,32,37H,16-21H2,1-3H3,(H,41,42)/t27-,29-,32?/m1/s1. The number of halogens is 1. The molecule has 2 amide bonds. The first-order valence-corrected chi connectivity index (χ1v) is 15.5. The smallest absolute Gasteiger partial charge is 0.415 e. The Morgan fingerprint density at radius 2 is 1.64 bits per heavy atom. The molecule has 0 saturated heterocycles. The van der Waals surface area contributed by atoms with Crippen molar-refractivity contribution in [2.24, 2.45) is 0 Å². The molecule has 45 heavy (non-hydrogen) atoms. The van der Waals surface area contributed by atoms with Gasteiger partial charge in [-0.1, -0.05) is 72.3 Å². The second kappa shape index (κ2) is 13.4. The molecule has 10 heteroatoms. The summed E-state index contributed by atoms with van der Waals surface area (Å²) in [7, 11) is 0. The van der Waals surface area contributed by atoms with E-state index >= 15 is 0 Å². The van der Waals surface area contributed by atoms with Crippen LogP contribution in [0, 0.1) is 0 Å².